The lowest BCUT2D eigenvalue weighted by molar-refractivity contribution is 0.199. The first-order chi connectivity index (χ1) is 8.60. The van der Waals surface area contributed by atoms with E-state index in [0.29, 0.717) is 16.5 Å². The Bertz CT molecular complexity index is 538. The number of aliphatic hydroxyl groups excluding tert-OH is 1. The van der Waals surface area contributed by atoms with E-state index in [0.717, 1.165) is 12.1 Å². The minimum atomic E-state index is -0.542. The smallest absolute Gasteiger partial charge is 0.165 e. The van der Waals surface area contributed by atoms with E-state index in [1.165, 1.54) is 0 Å². The van der Waals surface area contributed by atoms with Gasteiger partial charge in [-0.2, -0.15) is 5.10 Å². The van der Waals surface area contributed by atoms with Crippen LogP contribution >= 0.6 is 11.6 Å². The fourth-order valence-corrected chi connectivity index (χ4v) is 1.78. The Morgan fingerprint density at radius 1 is 1.50 bits per heavy atom. The average Bonchev–Trinajstić information content (AvgIpc) is 2.79. The van der Waals surface area contributed by atoms with Crippen molar-refractivity contribution >= 4 is 11.6 Å². The van der Waals surface area contributed by atoms with Gasteiger partial charge >= 0.3 is 0 Å². The van der Waals surface area contributed by atoms with Crippen molar-refractivity contribution < 1.29 is 9.84 Å². The zero-order valence-corrected chi connectivity index (χ0v) is 11.1. The van der Waals surface area contributed by atoms with Crippen molar-refractivity contribution in [3.8, 4) is 11.5 Å². The van der Waals surface area contributed by atoms with Crippen LogP contribution in [0.1, 0.15) is 25.5 Å². The monoisotopic (exact) mass is 266 g/mol. The molecule has 4 nitrogen and oxygen atoms in total. The van der Waals surface area contributed by atoms with Gasteiger partial charge in [-0.15, -0.1) is 0 Å². The summed E-state index contributed by atoms with van der Waals surface area (Å²) in [7, 11) is 0. The molecule has 0 fully saturated rings. The zero-order valence-electron chi connectivity index (χ0n) is 10.3. The maximum absolute atomic E-state index is 9.45. The van der Waals surface area contributed by atoms with Crippen LogP contribution in [0.25, 0.3) is 0 Å². The SMILES string of the molecule is CCn1cc(Oc2ccc([C@@H](C)O)cc2Cl)cn1. The number of halogens is 1. The molecule has 0 saturated heterocycles. The van der Waals surface area contributed by atoms with Gasteiger partial charge in [0.2, 0.25) is 0 Å². The number of aliphatic hydroxyl groups is 1. The number of benzene rings is 1. The molecule has 2 rings (SSSR count). The summed E-state index contributed by atoms with van der Waals surface area (Å²) in [5.41, 5.74) is 0.761. The Morgan fingerprint density at radius 3 is 2.83 bits per heavy atom. The van der Waals surface area contributed by atoms with Gasteiger partial charge in [0.25, 0.3) is 0 Å². The Morgan fingerprint density at radius 2 is 2.28 bits per heavy atom. The minimum absolute atomic E-state index is 0.470. The van der Waals surface area contributed by atoms with Crippen molar-refractivity contribution in [2.24, 2.45) is 0 Å². The van der Waals surface area contributed by atoms with Crippen LogP contribution in [0.3, 0.4) is 0 Å². The molecule has 0 saturated carbocycles. The van der Waals surface area contributed by atoms with Crippen molar-refractivity contribution in [1.29, 1.82) is 0 Å². The topological polar surface area (TPSA) is 47.3 Å². The molecule has 96 valence electrons. The van der Waals surface area contributed by atoms with Crippen LogP contribution in [0.15, 0.2) is 30.6 Å². The number of rotatable bonds is 4. The standard InChI is InChI=1S/C13H15ClN2O2/c1-3-16-8-11(7-15-16)18-13-5-4-10(9(2)17)6-12(13)14/h4-9,17H,3H2,1-2H3/t9-/m1/s1. The van der Waals surface area contributed by atoms with E-state index in [4.69, 9.17) is 16.3 Å². The van der Waals surface area contributed by atoms with Crippen molar-refractivity contribution in [3.05, 3.63) is 41.2 Å². The second-order valence-corrected chi connectivity index (χ2v) is 4.41. The second kappa shape index (κ2) is 5.42. The van der Waals surface area contributed by atoms with Crippen molar-refractivity contribution in [2.75, 3.05) is 0 Å². The molecule has 5 heteroatoms. The summed E-state index contributed by atoms with van der Waals surface area (Å²) in [6.45, 7) is 4.48. The van der Waals surface area contributed by atoms with Crippen LogP contribution in [0.5, 0.6) is 11.5 Å². The van der Waals surface area contributed by atoms with Gasteiger partial charge in [0.15, 0.2) is 5.75 Å². The Kier molecular flexibility index (Phi) is 3.89. The van der Waals surface area contributed by atoms with Crippen LogP contribution in [0.2, 0.25) is 5.02 Å². The Hall–Kier alpha value is -1.52. The van der Waals surface area contributed by atoms with Crippen molar-refractivity contribution in [2.45, 2.75) is 26.5 Å². The summed E-state index contributed by atoms with van der Waals surface area (Å²) in [5.74, 6) is 1.19. The molecule has 2 aromatic rings. The number of hydrogen-bond donors (Lipinski definition) is 1. The summed E-state index contributed by atoms with van der Waals surface area (Å²) < 4.78 is 7.40. The van der Waals surface area contributed by atoms with Crippen LogP contribution in [0.4, 0.5) is 0 Å². The van der Waals surface area contributed by atoms with Crippen LogP contribution < -0.4 is 4.74 Å². The van der Waals surface area contributed by atoms with Crippen LogP contribution in [-0.2, 0) is 6.54 Å². The molecule has 1 N–H and O–H groups in total. The molecule has 1 aromatic carbocycles. The van der Waals surface area contributed by atoms with E-state index in [-0.39, 0.29) is 0 Å². The molecule has 0 aliphatic rings. The highest BCUT2D eigenvalue weighted by Crippen LogP contribution is 2.31. The normalized spacial score (nSPS) is 12.4. The maximum atomic E-state index is 9.45. The van der Waals surface area contributed by atoms with E-state index in [2.05, 4.69) is 5.10 Å². The summed E-state index contributed by atoms with van der Waals surface area (Å²) in [6, 6.07) is 5.23. The van der Waals surface area contributed by atoms with Gasteiger partial charge in [-0.25, -0.2) is 0 Å². The average molecular weight is 267 g/mol. The van der Waals surface area contributed by atoms with Crippen LogP contribution in [0, 0.1) is 0 Å². The molecular formula is C13H15ClN2O2. The van der Waals surface area contributed by atoms with E-state index < -0.39 is 6.10 Å². The van der Waals surface area contributed by atoms with Gasteiger partial charge in [-0.3, -0.25) is 4.68 Å². The molecule has 1 heterocycles. The molecule has 0 radical (unpaired) electrons. The molecule has 0 aliphatic heterocycles. The molecule has 0 spiro atoms. The largest absolute Gasteiger partial charge is 0.452 e. The highest BCUT2D eigenvalue weighted by Gasteiger charge is 2.08. The van der Waals surface area contributed by atoms with E-state index in [1.807, 2.05) is 6.92 Å². The quantitative estimate of drug-likeness (QED) is 0.923. The fourth-order valence-electron chi connectivity index (χ4n) is 1.56. The third-order valence-electron chi connectivity index (χ3n) is 2.60. The first-order valence-electron chi connectivity index (χ1n) is 5.78. The third kappa shape index (κ3) is 2.83. The predicted molar refractivity (Wildman–Crippen MR) is 70.1 cm³/mol. The van der Waals surface area contributed by atoms with Crippen molar-refractivity contribution in [3.63, 3.8) is 0 Å². The fraction of sp³-hybridized carbons (Fsp3) is 0.308. The highest BCUT2D eigenvalue weighted by atomic mass is 35.5. The number of hydrogen-bond acceptors (Lipinski definition) is 3. The molecule has 18 heavy (non-hydrogen) atoms. The highest BCUT2D eigenvalue weighted by molar-refractivity contribution is 6.32. The predicted octanol–water partition coefficient (Wildman–Crippen LogP) is 3.40. The first kappa shape index (κ1) is 12.9. The van der Waals surface area contributed by atoms with Crippen LogP contribution in [-0.4, -0.2) is 14.9 Å². The number of ether oxygens (including phenoxy) is 1. The molecule has 1 atom stereocenters. The van der Waals surface area contributed by atoms with Gasteiger partial charge in [0.05, 0.1) is 23.5 Å². The number of aromatic nitrogens is 2. The van der Waals surface area contributed by atoms with Gasteiger partial charge in [-0.1, -0.05) is 17.7 Å². The van der Waals surface area contributed by atoms with E-state index in [1.54, 1.807) is 42.2 Å². The lowest BCUT2D eigenvalue weighted by atomic mass is 10.1. The summed E-state index contributed by atoms with van der Waals surface area (Å²) in [6.07, 6.45) is 2.90. The zero-order chi connectivity index (χ0) is 13.1. The third-order valence-corrected chi connectivity index (χ3v) is 2.90. The molecule has 0 aliphatic carbocycles. The van der Waals surface area contributed by atoms with Gasteiger partial charge in [-0.05, 0) is 31.5 Å². The molecule has 0 amide bonds. The molecule has 0 bridgehead atoms. The summed E-state index contributed by atoms with van der Waals surface area (Å²) in [5, 5.41) is 14.0. The van der Waals surface area contributed by atoms with Gasteiger partial charge in [0, 0.05) is 6.54 Å². The van der Waals surface area contributed by atoms with Gasteiger partial charge in [0.1, 0.15) is 5.75 Å². The van der Waals surface area contributed by atoms with E-state index in [9.17, 15) is 5.11 Å². The molecule has 0 unspecified atom stereocenters. The van der Waals surface area contributed by atoms with Crippen molar-refractivity contribution in [1.82, 2.24) is 9.78 Å². The first-order valence-corrected chi connectivity index (χ1v) is 6.15. The second-order valence-electron chi connectivity index (χ2n) is 4.00. The minimum Gasteiger partial charge on any atom is -0.452 e. The van der Waals surface area contributed by atoms with E-state index >= 15 is 0 Å². The number of aryl methyl sites for hydroxylation is 1. The lowest BCUT2D eigenvalue weighted by Gasteiger charge is -2.09. The summed E-state index contributed by atoms with van der Waals surface area (Å²) >= 11 is 6.10. The summed E-state index contributed by atoms with van der Waals surface area (Å²) in [4.78, 5) is 0. The maximum Gasteiger partial charge on any atom is 0.165 e. The lowest BCUT2D eigenvalue weighted by Crippen LogP contribution is -1.93. The number of nitrogens with zero attached hydrogens (tertiary/aromatic N) is 2. The van der Waals surface area contributed by atoms with Gasteiger partial charge < -0.3 is 9.84 Å². The Balaban J connectivity index is 2.19. The Labute approximate surface area is 111 Å². The molecule has 1 aromatic heterocycles. The molecular weight excluding hydrogens is 252 g/mol.